The van der Waals surface area contributed by atoms with E-state index in [1.165, 1.54) is 31.5 Å². The highest BCUT2D eigenvalue weighted by Gasteiger charge is 2.25. The molecule has 182 valence electrons. The second-order valence-electron chi connectivity index (χ2n) is 9.69. The fraction of sp³-hybridized carbons (Fsp3) is 0.500. The summed E-state index contributed by atoms with van der Waals surface area (Å²) in [6.07, 6.45) is 7.02. The number of rotatable bonds is 10. The number of aliphatic hydroxyl groups is 1. The highest BCUT2D eigenvalue weighted by Crippen LogP contribution is 2.24. The number of nitrogen functional groups attached to an aromatic ring is 1. The van der Waals surface area contributed by atoms with Crippen molar-refractivity contribution in [2.24, 2.45) is 0 Å². The van der Waals surface area contributed by atoms with Crippen LogP contribution in [-0.4, -0.2) is 49.8 Å². The van der Waals surface area contributed by atoms with E-state index < -0.39 is 5.54 Å². The molecule has 1 fully saturated rings. The Morgan fingerprint density at radius 2 is 1.76 bits per heavy atom. The number of pyridine rings is 1. The van der Waals surface area contributed by atoms with Crippen LogP contribution in [0.15, 0.2) is 41.3 Å². The van der Waals surface area contributed by atoms with Crippen molar-refractivity contribution in [3.05, 3.63) is 58.0 Å². The van der Waals surface area contributed by atoms with E-state index >= 15 is 0 Å². The molecule has 4 rings (SSSR count). The van der Waals surface area contributed by atoms with Crippen LogP contribution in [0.3, 0.4) is 0 Å². The van der Waals surface area contributed by atoms with E-state index in [1.807, 2.05) is 6.92 Å². The van der Waals surface area contributed by atoms with Gasteiger partial charge in [-0.1, -0.05) is 44.0 Å². The summed E-state index contributed by atoms with van der Waals surface area (Å²) in [6, 6.07) is 10.3. The van der Waals surface area contributed by atoms with E-state index in [1.54, 1.807) is 16.8 Å². The SMILES string of the molecule is CCCC[C@](C)(CO)Nc1nc(N)nc2ccn(Cc3ccc(CN4CCCC4)cc3)c(=O)c12. The number of aromatic nitrogens is 3. The van der Waals surface area contributed by atoms with Gasteiger partial charge in [0.1, 0.15) is 11.2 Å². The predicted octanol–water partition coefficient (Wildman–Crippen LogP) is 3.37. The van der Waals surface area contributed by atoms with Crippen LogP contribution in [0.25, 0.3) is 10.9 Å². The van der Waals surface area contributed by atoms with Gasteiger partial charge in [-0.3, -0.25) is 9.69 Å². The fourth-order valence-electron chi connectivity index (χ4n) is 4.59. The number of hydrogen-bond donors (Lipinski definition) is 3. The third-order valence-corrected chi connectivity index (χ3v) is 6.67. The molecule has 3 heterocycles. The molecule has 0 amide bonds. The smallest absolute Gasteiger partial charge is 0.264 e. The van der Waals surface area contributed by atoms with E-state index in [4.69, 9.17) is 5.73 Å². The van der Waals surface area contributed by atoms with E-state index in [0.29, 0.717) is 23.3 Å². The summed E-state index contributed by atoms with van der Waals surface area (Å²) >= 11 is 0. The second-order valence-corrected chi connectivity index (χ2v) is 9.69. The van der Waals surface area contributed by atoms with Crippen molar-refractivity contribution >= 4 is 22.7 Å². The Morgan fingerprint density at radius 3 is 2.41 bits per heavy atom. The zero-order valence-corrected chi connectivity index (χ0v) is 20.3. The number of nitrogens with two attached hydrogens (primary N) is 1. The van der Waals surface area contributed by atoms with Gasteiger partial charge in [-0.25, -0.2) is 4.98 Å². The zero-order chi connectivity index (χ0) is 24.1. The molecule has 2 aromatic heterocycles. The normalized spacial score (nSPS) is 16.1. The molecule has 1 aromatic carbocycles. The Labute approximate surface area is 200 Å². The Hall–Kier alpha value is -2.97. The van der Waals surface area contributed by atoms with Crippen LogP contribution in [0.5, 0.6) is 0 Å². The lowest BCUT2D eigenvalue weighted by Gasteiger charge is -2.29. The lowest BCUT2D eigenvalue weighted by Crippen LogP contribution is -2.39. The molecule has 1 atom stereocenters. The molecular weight excluding hydrogens is 428 g/mol. The maximum Gasteiger partial charge on any atom is 0.264 e. The van der Waals surface area contributed by atoms with Gasteiger partial charge < -0.3 is 20.7 Å². The monoisotopic (exact) mass is 464 g/mol. The first-order valence-electron chi connectivity index (χ1n) is 12.3. The summed E-state index contributed by atoms with van der Waals surface area (Å²) in [5, 5.41) is 13.7. The van der Waals surface area contributed by atoms with Crippen molar-refractivity contribution in [1.82, 2.24) is 19.4 Å². The van der Waals surface area contributed by atoms with E-state index in [9.17, 15) is 9.90 Å². The molecule has 8 nitrogen and oxygen atoms in total. The lowest BCUT2D eigenvalue weighted by atomic mass is 9.95. The molecule has 0 spiro atoms. The quantitative estimate of drug-likeness (QED) is 0.422. The number of anilines is 2. The molecule has 0 radical (unpaired) electrons. The van der Waals surface area contributed by atoms with Gasteiger partial charge in [-0.2, -0.15) is 4.98 Å². The van der Waals surface area contributed by atoms with Crippen LogP contribution < -0.4 is 16.6 Å². The molecule has 1 saturated heterocycles. The standard InChI is InChI=1S/C26H36N6O2/c1-3-4-12-26(2,18-33)30-23-22-21(28-25(27)29-23)11-15-32(24(22)34)17-20-9-7-19(8-10-20)16-31-13-5-6-14-31/h7-11,15,33H,3-6,12-14,16-18H2,1-2H3,(H3,27,28,29,30)/t26-/m1/s1. The number of fused-ring (bicyclic) bond motifs is 1. The number of likely N-dealkylation sites (tertiary alicyclic amines) is 1. The minimum atomic E-state index is -0.609. The van der Waals surface area contributed by atoms with Gasteiger partial charge >= 0.3 is 0 Å². The average Bonchev–Trinajstić information content (AvgIpc) is 3.33. The summed E-state index contributed by atoms with van der Waals surface area (Å²) in [5.74, 6) is 0.465. The highest BCUT2D eigenvalue weighted by molar-refractivity contribution is 5.89. The fourth-order valence-corrected chi connectivity index (χ4v) is 4.59. The molecule has 34 heavy (non-hydrogen) atoms. The maximum atomic E-state index is 13.5. The van der Waals surface area contributed by atoms with Crippen molar-refractivity contribution < 1.29 is 5.11 Å². The van der Waals surface area contributed by atoms with Crippen LogP contribution in [0.2, 0.25) is 0 Å². The largest absolute Gasteiger partial charge is 0.394 e. The molecule has 1 aliphatic rings. The molecule has 0 aliphatic carbocycles. The van der Waals surface area contributed by atoms with E-state index in [2.05, 4.69) is 51.4 Å². The van der Waals surface area contributed by atoms with Crippen molar-refractivity contribution in [2.45, 2.75) is 64.6 Å². The van der Waals surface area contributed by atoms with Gasteiger partial charge in [0.25, 0.3) is 5.56 Å². The topological polar surface area (TPSA) is 109 Å². The Kier molecular flexibility index (Phi) is 7.48. The van der Waals surface area contributed by atoms with Gasteiger partial charge in [0.2, 0.25) is 5.95 Å². The van der Waals surface area contributed by atoms with Crippen LogP contribution >= 0.6 is 0 Å². The van der Waals surface area contributed by atoms with Gasteiger partial charge in [-0.15, -0.1) is 0 Å². The molecule has 0 saturated carbocycles. The minimum absolute atomic E-state index is 0.0802. The van der Waals surface area contributed by atoms with Crippen LogP contribution in [0, 0.1) is 0 Å². The second kappa shape index (κ2) is 10.5. The van der Waals surface area contributed by atoms with Crippen molar-refractivity contribution in [2.75, 3.05) is 30.7 Å². The summed E-state index contributed by atoms with van der Waals surface area (Å²) in [6.45, 7) is 7.73. The molecule has 8 heteroatoms. The van der Waals surface area contributed by atoms with Crippen LogP contribution in [0.1, 0.15) is 57.1 Å². The first-order chi connectivity index (χ1) is 16.4. The van der Waals surface area contributed by atoms with Gasteiger partial charge in [-0.05, 0) is 56.5 Å². The third-order valence-electron chi connectivity index (χ3n) is 6.67. The van der Waals surface area contributed by atoms with Crippen LogP contribution in [0.4, 0.5) is 11.8 Å². The van der Waals surface area contributed by atoms with Crippen LogP contribution in [-0.2, 0) is 13.1 Å². The van der Waals surface area contributed by atoms with Crippen molar-refractivity contribution in [3.63, 3.8) is 0 Å². The van der Waals surface area contributed by atoms with E-state index in [0.717, 1.165) is 31.4 Å². The molecule has 4 N–H and O–H groups in total. The first-order valence-corrected chi connectivity index (χ1v) is 12.3. The molecule has 0 unspecified atom stereocenters. The molecule has 3 aromatic rings. The summed E-state index contributed by atoms with van der Waals surface area (Å²) < 4.78 is 1.67. The molecular formula is C26H36N6O2. The highest BCUT2D eigenvalue weighted by atomic mass is 16.3. The lowest BCUT2D eigenvalue weighted by molar-refractivity contribution is 0.212. The number of benzene rings is 1. The Bertz CT molecular complexity index is 1170. The zero-order valence-electron chi connectivity index (χ0n) is 20.3. The molecule has 1 aliphatic heterocycles. The number of aliphatic hydroxyl groups excluding tert-OH is 1. The van der Waals surface area contributed by atoms with Crippen molar-refractivity contribution in [1.29, 1.82) is 0 Å². The number of unbranched alkanes of at least 4 members (excludes halogenated alkanes) is 1. The number of nitrogens with zero attached hydrogens (tertiary/aromatic N) is 4. The number of hydrogen-bond acceptors (Lipinski definition) is 7. The Morgan fingerprint density at radius 1 is 1.09 bits per heavy atom. The third kappa shape index (κ3) is 5.56. The summed E-state index contributed by atoms with van der Waals surface area (Å²) in [5.41, 5.74) is 7.98. The summed E-state index contributed by atoms with van der Waals surface area (Å²) in [4.78, 5) is 24.6. The van der Waals surface area contributed by atoms with Crippen molar-refractivity contribution in [3.8, 4) is 0 Å². The van der Waals surface area contributed by atoms with Gasteiger partial charge in [0.05, 0.1) is 24.2 Å². The molecule has 0 bridgehead atoms. The minimum Gasteiger partial charge on any atom is -0.394 e. The number of nitrogens with one attached hydrogen (secondary N) is 1. The van der Waals surface area contributed by atoms with Gasteiger partial charge in [0, 0.05) is 12.7 Å². The van der Waals surface area contributed by atoms with E-state index in [-0.39, 0.29) is 18.1 Å². The Balaban J connectivity index is 1.60. The first kappa shape index (κ1) is 24.2. The van der Waals surface area contributed by atoms with Gasteiger partial charge in [0.15, 0.2) is 0 Å². The summed E-state index contributed by atoms with van der Waals surface area (Å²) in [7, 11) is 0. The maximum absolute atomic E-state index is 13.5. The predicted molar refractivity (Wildman–Crippen MR) is 137 cm³/mol. The average molecular weight is 465 g/mol.